The molecule has 1 aliphatic heterocycles. The number of nitrogen functional groups attached to an aromatic ring is 1. The number of halogens is 1. The van der Waals surface area contributed by atoms with E-state index in [1.165, 1.54) is 13.3 Å². The van der Waals surface area contributed by atoms with Gasteiger partial charge in [0, 0.05) is 6.92 Å². The number of nitrogens with two attached hydrogens (primary N) is 1. The first-order valence-corrected chi connectivity index (χ1v) is 16.7. The number of hydrogen-bond acceptors (Lipinski definition) is 9. The van der Waals surface area contributed by atoms with Crippen molar-refractivity contribution in [3.8, 4) is 0 Å². The van der Waals surface area contributed by atoms with Gasteiger partial charge >= 0.3 is 5.97 Å². The molecule has 0 amide bonds. The molecule has 10 nitrogen and oxygen atoms in total. The number of carbonyl (C=O) groups excluding carboxylic acids is 1. The predicted octanol–water partition coefficient (Wildman–Crippen LogP) is 4.69. The molecule has 1 fully saturated rings. The van der Waals surface area contributed by atoms with Gasteiger partial charge < -0.3 is 33.6 Å². The van der Waals surface area contributed by atoms with Crippen LogP contribution in [0, 0.1) is 0 Å². The molecule has 0 aliphatic carbocycles. The van der Waals surface area contributed by atoms with E-state index in [9.17, 15) is 4.79 Å². The topological polar surface area (TPSA) is 124 Å². The average molecular weight is 641 g/mol. The molecule has 4 atom stereocenters. The predicted molar refractivity (Wildman–Crippen MR) is 170 cm³/mol. The van der Waals surface area contributed by atoms with Crippen molar-refractivity contribution in [2.75, 3.05) is 12.3 Å². The third kappa shape index (κ3) is 5.58. The van der Waals surface area contributed by atoms with Crippen LogP contribution in [-0.2, 0) is 23.2 Å². The first kappa shape index (κ1) is 31.5. The maximum Gasteiger partial charge on any atom is 0.303 e. The summed E-state index contributed by atoms with van der Waals surface area (Å²) >= 11 is 6.32. The Balaban J connectivity index is 1.63. The fourth-order valence-corrected chi connectivity index (χ4v) is 11.3. The maximum atomic E-state index is 12.4. The number of rotatable bonds is 9. The second kappa shape index (κ2) is 12.2. The molecule has 0 saturated carbocycles. The van der Waals surface area contributed by atoms with Gasteiger partial charge in [-0.05, 0) is 21.8 Å². The molecule has 228 valence electrons. The molecule has 0 radical (unpaired) electrons. The second-order valence-electron chi connectivity index (χ2n) is 11.7. The van der Waals surface area contributed by atoms with E-state index in [1.54, 1.807) is 4.57 Å². The van der Waals surface area contributed by atoms with E-state index in [2.05, 4.69) is 69.5 Å². The number of ether oxygens (including phenoxy) is 2. The van der Waals surface area contributed by atoms with Crippen molar-refractivity contribution in [1.82, 2.24) is 19.5 Å². The average Bonchev–Trinajstić information content (AvgIpc) is 3.52. The van der Waals surface area contributed by atoms with Crippen LogP contribution in [0.3, 0.4) is 0 Å². The van der Waals surface area contributed by atoms with Crippen LogP contribution >= 0.6 is 21.1 Å². The normalized spacial score (nSPS) is 22.6. The van der Waals surface area contributed by atoms with Crippen molar-refractivity contribution in [3.05, 3.63) is 72.1 Å². The smallest absolute Gasteiger partial charge is 0.303 e. The molecule has 0 bridgehead atoms. The zero-order valence-corrected chi connectivity index (χ0v) is 27.5. The highest BCUT2D eigenvalue weighted by Crippen LogP contribution is 2.46. The Morgan fingerprint density at radius 1 is 1.12 bits per heavy atom. The Kier molecular flexibility index (Phi) is 8.96. The monoisotopic (exact) mass is 640 g/mol. The van der Waals surface area contributed by atoms with Crippen molar-refractivity contribution < 1.29 is 23.2 Å². The lowest BCUT2D eigenvalue weighted by Crippen LogP contribution is -2.68. The van der Waals surface area contributed by atoms with Crippen molar-refractivity contribution in [1.29, 1.82) is 0 Å². The van der Waals surface area contributed by atoms with Crippen molar-refractivity contribution in [2.24, 2.45) is 0 Å². The molecule has 13 heteroatoms. The zero-order valence-electron chi connectivity index (χ0n) is 24.8. The number of imidazole rings is 1. The summed E-state index contributed by atoms with van der Waals surface area (Å²) in [7, 11) is 0.334. The summed E-state index contributed by atoms with van der Waals surface area (Å²) < 4.78 is 27.6. The van der Waals surface area contributed by atoms with E-state index in [4.69, 9.17) is 35.8 Å². The lowest BCUT2D eigenvalue weighted by molar-refractivity contribution is -0.155. The minimum atomic E-state index is -2.96. The van der Waals surface area contributed by atoms with Gasteiger partial charge in [0.25, 0.3) is 8.32 Å². The van der Waals surface area contributed by atoms with Crippen LogP contribution in [0.25, 0.3) is 11.2 Å². The van der Waals surface area contributed by atoms with E-state index in [-0.39, 0.29) is 22.7 Å². The van der Waals surface area contributed by atoms with Crippen LogP contribution in [0.15, 0.2) is 67.0 Å². The Morgan fingerprint density at radius 2 is 1.72 bits per heavy atom. The first-order valence-electron chi connectivity index (χ1n) is 14.1. The van der Waals surface area contributed by atoms with E-state index in [0.29, 0.717) is 17.6 Å². The maximum absolute atomic E-state index is 12.4. The molecule has 43 heavy (non-hydrogen) atoms. The number of nitrogens with zero attached hydrogens (tertiary/aromatic N) is 4. The molecule has 0 unspecified atom stereocenters. The molecule has 1 aliphatic rings. The summed E-state index contributed by atoms with van der Waals surface area (Å²) in [6.07, 6.45) is -0.563. The molecule has 2 N–H and O–H groups in total. The van der Waals surface area contributed by atoms with Gasteiger partial charge in [-0.15, -0.1) is 0 Å². The van der Waals surface area contributed by atoms with Gasteiger partial charge in [-0.3, -0.25) is 9.36 Å². The Morgan fingerprint density at radius 3 is 2.23 bits per heavy atom. The third-order valence-corrected chi connectivity index (χ3v) is 13.6. The molecule has 2 aromatic carbocycles. The minimum absolute atomic E-state index is 0.0222. The third-order valence-electron chi connectivity index (χ3n) is 8.10. The molecular weight excluding hydrogens is 605 g/mol. The standard InChI is InChI=1S/C30H36ClN5O5PSi/c1-6-30(17-38-43(29(3,4)5,20-13-9-7-10-14-20)21-15-11-8-12-16-21)24(41-42)23(39-19(2)37)27(40-30)36-18-33-22-25(31)34-28(32)35-26(22)36/h7-16,18,23-24,27,42H,6,17H2,1-5H3,(H2,32,34,35)/q-1/t23-,24+,27-,30+/m1/s1. The molecule has 5 rings (SSSR count). The van der Waals surface area contributed by atoms with Crippen LogP contribution in [0.2, 0.25) is 10.2 Å². The molecular formula is C30H36ClN5O5PSi-. The van der Waals surface area contributed by atoms with Gasteiger partial charge in [0.05, 0.1) is 19.0 Å². The molecule has 1 saturated heterocycles. The van der Waals surface area contributed by atoms with Gasteiger partial charge in [0.15, 0.2) is 23.1 Å². The Labute approximate surface area is 259 Å². The van der Waals surface area contributed by atoms with Crippen LogP contribution in [0.4, 0.5) is 5.95 Å². The van der Waals surface area contributed by atoms with E-state index in [0.717, 1.165) is 10.4 Å². The Hall–Kier alpha value is -2.92. The largest absolute Gasteiger partial charge is 0.554 e. The van der Waals surface area contributed by atoms with Crippen LogP contribution in [0.5, 0.6) is 0 Å². The van der Waals surface area contributed by atoms with Gasteiger partial charge in [-0.25, -0.2) is 4.98 Å². The van der Waals surface area contributed by atoms with Crippen molar-refractivity contribution in [3.63, 3.8) is 0 Å². The fourth-order valence-electron chi connectivity index (χ4n) is 6.10. The number of hydrogen-bond donors (Lipinski definition) is 1. The van der Waals surface area contributed by atoms with E-state index >= 15 is 0 Å². The minimum Gasteiger partial charge on any atom is -0.554 e. The summed E-state index contributed by atoms with van der Waals surface area (Å²) in [5.74, 6) is -0.519. The lowest BCUT2D eigenvalue weighted by atomic mass is 9.93. The second-order valence-corrected chi connectivity index (χ2v) is 16.6. The van der Waals surface area contributed by atoms with E-state index < -0.39 is 38.3 Å². The van der Waals surface area contributed by atoms with Crippen LogP contribution in [0.1, 0.15) is 47.3 Å². The van der Waals surface area contributed by atoms with Gasteiger partial charge in [-0.1, -0.05) is 100.0 Å². The summed E-state index contributed by atoms with van der Waals surface area (Å²) in [5.41, 5.74) is 5.55. The number of fused-ring (bicyclic) bond motifs is 1. The van der Waals surface area contributed by atoms with E-state index in [1.807, 2.05) is 43.3 Å². The number of anilines is 1. The van der Waals surface area contributed by atoms with Crippen LogP contribution in [-0.4, -0.2) is 58.2 Å². The molecule has 2 aromatic heterocycles. The van der Waals surface area contributed by atoms with Gasteiger partial charge in [-0.2, -0.15) is 9.97 Å². The number of aromatic nitrogens is 4. The molecule has 4 aromatic rings. The quantitative estimate of drug-likeness (QED) is 0.120. The van der Waals surface area contributed by atoms with Crippen molar-refractivity contribution >= 4 is 62.8 Å². The molecule has 3 heterocycles. The van der Waals surface area contributed by atoms with Gasteiger partial charge in [0.2, 0.25) is 5.95 Å². The summed E-state index contributed by atoms with van der Waals surface area (Å²) in [6.45, 7) is 10.1. The number of carbonyl (C=O) groups is 1. The zero-order chi connectivity index (χ0) is 31.0. The highest BCUT2D eigenvalue weighted by Gasteiger charge is 2.59. The molecule has 0 spiro atoms. The van der Waals surface area contributed by atoms with Crippen LogP contribution < -0.4 is 16.1 Å². The van der Waals surface area contributed by atoms with Crippen molar-refractivity contribution in [2.45, 2.75) is 70.1 Å². The SMILES string of the molecule is CC[C@@]1(CO[Si](c2ccccc2)(c2ccccc2)C(C)(C)C)O[C@@H](n2cnc3c(Cl)nc(N)nc32)[C@H](OC(C)=O)[C@@H]1O[PH-]. The highest BCUT2D eigenvalue weighted by atomic mass is 35.5. The number of esters is 1. The highest BCUT2D eigenvalue weighted by molar-refractivity contribution is 7.09. The summed E-state index contributed by atoms with van der Waals surface area (Å²) in [5, 5.41) is 2.09. The van der Waals surface area contributed by atoms with Gasteiger partial charge in [0.1, 0.15) is 11.1 Å². The summed E-state index contributed by atoms with van der Waals surface area (Å²) in [4.78, 5) is 25.2. The fraction of sp³-hybridized carbons (Fsp3) is 0.400. The lowest BCUT2D eigenvalue weighted by Gasteiger charge is -2.46. The Bertz CT molecular complexity index is 1550. The summed E-state index contributed by atoms with van der Waals surface area (Å²) in [6, 6.07) is 20.7. The first-order chi connectivity index (χ1) is 20.5. The number of benzene rings is 2.